The zero-order valence-electron chi connectivity index (χ0n) is 11.6. The van der Waals surface area contributed by atoms with Gasteiger partial charge in [0, 0.05) is 18.6 Å². The minimum absolute atomic E-state index is 0.0978. The predicted octanol–water partition coefficient (Wildman–Crippen LogP) is 2.22. The second-order valence-electron chi connectivity index (χ2n) is 4.98. The van der Waals surface area contributed by atoms with Crippen molar-refractivity contribution in [3.63, 3.8) is 0 Å². The summed E-state index contributed by atoms with van der Waals surface area (Å²) in [5.74, 6) is 1.60. The van der Waals surface area contributed by atoms with Gasteiger partial charge in [-0.3, -0.25) is 0 Å². The van der Waals surface area contributed by atoms with Crippen LogP contribution < -0.4 is 15.2 Å². The van der Waals surface area contributed by atoms with Gasteiger partial charge in [-0.1, -0.05) is 12.1 Å². The molecular formula is C15H23NO3. The molecule has 0 bridgehead atoms. The van der Waals surface area contributed by atoms with Crippen LogP contribution in [0.3, 0.4) is 0 Å². The Labute approximate surface area is 114 Å². The first-order valence-electron chi connectivity index (χ1n) is 6.92. The molecule has 4 nitrogen and oxygen atoms in total. The molecule has 0 radical (unpaired) electrons. The summed E-state index contributed by atoms with van der Waals surface area (Å²) in [4.78, 5) is 0. The van der Waals surface area contributed by atoms with Crippen molar-refractivity contribution < 1.29 is 14.2 Å². The monoisotopic (exact) mass is 265 g/mol. The normalized spacial score (nSPS) is 22.4. The van der Waals surface area contributed by atoms with Gasteiger partial charge in [-0.05, 0) is 31.9 Å². The summed E-state index contributed by atoms with van der Waals surface area (Å²) in [5.41, 5.74) is 5.96. The molecular weight excluding hydrogens is 242 g/mol. The van der Waals surface area contributed by atoms with E-state index in [9.17, 15) is 0 Å². The third kappa shape index (κ3) is 3.61. The van der Waals surface area contributed by atoms with Crippen molar-refractivity contribution in [2.75, 3.05) is 33.0 Å². The van der Waals surface area contributed by atoms with E-state index < -0.39 is 0 Å². The van der Waals surface area contributed by atoms with E-state index in [1.165, 1.54) is 0 Å². The van der Waals surface area contributed by atoms with Gasteiger partial charge in [-0.15, -0.1) is 0 Å². The first kappa shape index (κ1) is 14.2. The molecule has 1 aromatic rings. The van der Waals surface area contributed by atoms with Crippen molar-refractivity contribution in [1.82, 2.24) is 0 Å². The second kappa shape index (κ2) is 6.78. The van der Waals surface area contributed by atoms with Gasteiger partial charge in [0.2, 0.25) is 0 Å². The zero-order valence-corrected chi connectivity index (χ0v) is 11.6. The van der Waals surface area contributed by atoms with Crippen LogP contribution in [0.15, 0.2) is 24.3 Å². The van der Waals surface area contributed by atoms with Crippen molar-refractivity contribution in [3.8, 4) is 11.5 Å². The maximum Gasteiger partial charge on any atom is 0.161 e. The predicted molar refractivity (Wildman–Crippen MR) is 74.6 cm³/mol. The van der Waals surface area contributed by atoms with Gasteiger partial charge >= 0.3 is 0 Å². The van der Waals surface area contributed by atoms with Crippen molar-refractivity contribution >= 4 is 0 Å². The molecule has 1 heterocycles. The third-order valence-corrected chi connectivity index (χ3v) is 3.66. The molecule has 1 fully saturated rings. The van der Waals surface area contributed by atoms with Crippen LogP contribution in [0.2, 0.25) is 0 Å². The largest absolute Gasteiger partial charge is 0.490 e. The van der Waals surface area contributed by atoms with Crippen molar-refractivity contribution in [2.45, 2.75) is 19.8 Å². The number of hydrogen-bond donors (Lipinski definition) is 1. The molecule has 1 atom stereocenters. The van der Waals surface area contributed by atoms with Gasteiger partial charge in [-0.2, -0.15) is 0 Å². The summed E-state index contributed by atoms with van der Waals surface area (Å²) in [6.45, 7) is 5.47. The summed E-state index contributed by atoms with van der Waals surface area (Å²) in [6, 6.07) is 7.76. The highest BCUT2D eigenvalue weighted by Crippen LogP contribution is 2.32. The SMILES string of the molecule is CCOc1ccccc1OCCC1(CN)CCOC1. The van der Waals surface area contributed by atoms with E-state index in [1.54, 1.807) is 0 Å². The fraction of sp³-hybridized carbons (Fsp3) is 0.600. The Morgan fingerprint density at radius 2 is 2.00 bits per heavy atom. The van der Waals surface area contributed by atoms with Crippen LogP contribution >= 0.6 is 0 Å². The Morgan fingerprint density at radius 3 is 2.58 bits per heavy atom. The van der Waals surface area contributed by atoms with Gasteiger partial charge in [0.25, 0.3) is 0 Å². The highest BCUT2D eigenvalue weighted by Gasteiger charge is 2.33. The quantitative estimate of drug-likeness (QED) is 0.821. The molecule has 1 aromatic carbocycles. The van der Waals surface area contributed by atoms with Gasteiger partial charge < -0.3 is 19.9 Å². The molecule has 2 rings (SSSR count). The fourth-order valence-electron chi connectivity index (χ4n) is 2.33. The molecule has 4 heteroatoms. The standard InChI is InChI=1S/C15H23NO3/c1-2-18-13-5-3-4-6-14(13)19-10-8-15(11-16)7-9-17-12-15/h3-6H,2,7-12,16H2,1H3. The summed E-state index contributed by atoms with van der Waals surface area (Å²) in [6.07, 6.45) is 1.95. The fourth-order valence-corrected chi connectivity index (χ4v) is 2.33. The number of benzene rings is 1. The van der Waals surface area contributed by atoms with Crippen LogP contribution in [0.25, 0.3) is 0 Å². The Bertz CT molecular complexity index is 389. The first-order valence-corrected chi connectivity index (χ1v) is 6.92. The summed E-state index contributed by atoms with van der Waals surface area (Å²) in [5, 5.41) is 0. The molecule has 1 aliphatic rings. The molecule has 0 aromatic heterocycles. The Morgan fingerprint density at radius 1 is 1.26 bits per heavy atom. The van der Waals surface area contributed by atoms with E-state index in [0.29, 0.717) is 19.8 Å². The highest BCUT2D eigenvalue weighted by molar-refractivity contribution is 5.39. The van der Waals surface area contributed by atoms with Gasteiger partial charge in [0.1, 0.15) is 0 Å². The number of ether oxygens (including phenoxy) is 3. The molecule has 0 saturated carbocycles. The maximum absolute atomic E-state index is 5.87. The lowest BCUT2D eigenvalue weighted by Gasteiger charge is -2.25. The van der Waals surface area contributed by atoms with Crippen molar-refractivity contribution in [3.05, 3.63) is 24.3 Å². The molecule has 1 aliphatic heterocycles. The van der Waals surface area contributed by atoms with E-state index in [1.807, 2.05) is 31.2 Å². The minimum atomic E-state index is 0.0978. The summed E-state index contributed by atoms with van der Waals surface area (Å²) >= 11 is 0. The van der Waals surface area contributed by atoms with Crippen LogP contribution in [0.1, 0.15) is 19.8 Å². The summed E-state index contributed by atoms with van der Waals surface area (Å²) < 4.78 is 16.8. The lowest BCUT2D eigenvalue weighted by atomic mass is 9.84. The Balaban J connectivity index is 1.88. The third-order valence-electron chi connectivity index (χ3n) is 3.66. The topological polar surface area (TPSA) is 53.7 Å². The molecule has 0 aliphatic carbocycles. The summed E-state index contributed by atoms with van der Waals surface area (Å²) in [7, 11) is 0. The van der Waals surface area contributed by atoms with Crippen LogP contribution in [-0.4, -0.2) is 33.0 Å². The molecule has 1 saturated heterocycles. The smallest absolute Gasteiger partial charge is 0.161 e. The lowest BCUT2D eigenvalue weighted by Crippen LogP contribution is -2.32. The van der Waals surface area contributed by atoms with E-state index in [4.69, 9.17) is 19.9 Å². The Kier molecular flexibility index (Phi) is 5.05. The molecule has 1 unspecified atom stereocenters. The van der Waals surface area contributed by atoms with Gasteiger partial charge in [0.15, 0.2) is 11.5 Å². The number of rotatable bonds is 7. The van der Waals surface area contributed by atoms with Crippen molar-refractivity contribution in [1.29, 1.82) is 0 Å². The zero-order chi connectivity index (χ0) is 13.6. The Hall–Kier alpha value is -1.26. The van der Waals surface area contributed by atoms with E-state index in [0.717, 1.165) is 37.6 Å². The number of para-hydroxylation sites is 2. The maximum atomic E-state index is 5.87. The molecule has 19 heavy (non-hydrogen) atoms. The van der Waals surface area contributed by atoms with Crippen LogP contribution in [0.4, 0.5) is 0 Å². The number of nitrogens with two attached hydrogens (primary N) is 1. The number of hydrogen-bond acceptors (Lipinski definition) is 4. The minimum Gasteiger partial charge on any atom is -0.490 e. The average Bonchev–Trinajstić information content (AvgIpc) is 2.90. The molecule has 2 N–H and O–H groups in total. The van der Waals surface area contributed by atoms with E-state index in [2.05, 4.69) is 0 Å². The van der Waals surface area contributed by atoms with Gasteiger partial charge in [-0.25, -0.2) is 0 Å². The molecule has 0 spiro atoms. The van der Waals surface area contributed by atoms with Crippen LogP contribution in [0.5, 0.6) is 11.5 Å². The van der Waals surface area contributed by atoms with Crippen molar-refractivity contribution in [2.24, 2.45) is 11.1 Å². The second-order valence-corrected chi connectivity index (χ2v) is 4.98. The van der Waals surface area contributed by atoms with E-state index >= 15 is 0 Å². The highest BCUT2D eigenvalue weighted by atomic mass is 16.5. The molecule has 106 valence electrons. The molecule has 0 amide bonds. The van der Waals surface area contributed by atoms with E-state index in [-0.39, 0.29) is 5.41 Å². The average molecular weight is 265 g/mol. The first-order chi connectivity index (χ1) is 9.29. The van der Waals surface area contributed by atoms with Crippen LogP contribution in [-0.2, 0) is 4.74 Å². The lowest BCUT2D eigenvalue weighted by molar-refractivity contribution is 0.134. The van der Waals surface area contributed by atoms with Crippen LogP contribution in [0, 0.1) is 5.41 Å². The van der Waals surface area contributed by atoms with Gasteiger partial charge in [0.05, 0.1) is 19.8 Å².